The first-order valence-electron chi connectivity index (χ1n) is 9.79. The largest absolute Gasteiger partial charge is 0.411 e. The first-order valence-corrected chi connectivity index (χ1v) is 9.79. The fourth-order valence-corrected chi connectivity index (χ4v) is 4.35. The van der Waals surface area contributed by atoms with Crippen LogP contribution in [0.1, 0.15) is 62.2 Å². The van der Waals surface area contributed by atoms with Crippen molar-refractivity contribution in [3.8, 4) is 0 Å². The standard InChI is InChI=1S/C23H30N2O/c1-3-4-7-16-20-21(24-26)17-22(18-12-8-5-9-13-18)25(2)23(20)19-14-10-6-11-15-19/h5-6,8-15,20,22-23,26H,3-4,7,16-17H2,1-2H3/b24-21+/t20-,22+,23-/m1/s1. The zero-order valence-corrected chi connectivity index (χ0v) is 15.9. The smallest absolute Gasteiger partial charge is 0.0639 e. The molecule has 3 rings (SSSR count). The van der Waals surface area contributed by atoms with E-state index >= 15 is 0 Å². The van der Waals surface area contributed by atoms with Gasteiger partial charge >= 0.3 is 0 Å². The van der Waals surface area contributed by atoms with Gasteiger partial charge < -0.3 is 5.21 Å². The van der Waals surface area contributed by atoms with Crippen molar-refractivity contribution in [1.29, 1.82) is 0 Å². The molecule has 1 heterocycles. The van der Waals surface area contributed by atoms with Gasteiger partial charge in [0, 0.05) is 24.4 Å². The normalized spacial score (nSPS) is 25.5. The molecule has 3 nitrogen and oxygen atoms in total. The number of nitrogens with zero attached hydrogens (tertiary/aromatic N) is 2. The Labute approximate surface area is 157 Å². The summed E-state index contributed by atoms with van der Waals surface area (Å²) in [6, 6.07) is 21.7. The highest BCUT2D eigenvalue weighted by molar-refractivity contribution is 5.88. The van der Waals surface area contributed by atoms with E-state index in [0.717, 1.165) is 18.6 Å². The predicted octanol–water partition coefficient (Wildman–Crippen LogP) is 5.83. The summed E-state index contributed by atoms with van der Waals surface area (Å²) in [6.07, 6.45) is 5.46. The first-order chi connectivity index (χ1) is 12.8. The van der Waals surface area contributed by atoms with E-state index in [1.54, 1.807) is 0 Å². The highest BCUT2D eigenvalue weighted by atomic mass is 16.4. The summed E-state index contributed by atoms with van der Waals surface area (Å²) in [6.45, 7) is 2.23. The summed E-state index contributed by atoms with van der Waals surface area (Å²) in [4.78, 5) is 2.48. The van der Waals surface area contributed by atoms with Gasteiger partial charge in [0.05, 0.1) is 5.71 Å². The highest BCUT2D eigenvalue weighted by Crippen LogP contribution is 2.44. The maximum atomic E-state index is 9.80. The lowest BCUT2D eigenvalue weighted by Gasteiger charge is -2.45. The average molecular weight is 351 g/mol. The third-order valence-electron chi connectivity index (χ3n) is 5.71. The second-order valence-electron chi connectivity index (χ2n) is 7.35. The van der Waals surface area contributed by atoms with Gasteiger partial charge in [-0.3, -0.25) is 4.90 Å². The van der Waals surface area contributed by atoms with E-state index in [1.807, 2.05) is 0 Å². The van der Waals surface area contributed by atoms with Crippen molar-refractivity contribution in [1.82, 2.24) is 4.90 Å². The molecule has 1 N–H and O–H groups in total. The van der Waals surface area contributed by atoms with E-state index in [1.165, 1.54) is 30.4 Å². The number of hydrogen-bond acceptors (Lipinski definition) is 3. The molecule has 0 aromatic heterocycles. The van der Waals surface area contributed by atoms with Crippen LogP contribution in [0.2, 0.25) is 0 Å². The Morgan fingerprint density at radius 2 is 1.58 bits per heavy atom. The van der Waals surface area contributed by atoms with E-state index in [9.17, 15) is 5.21 Å². The van der Waals surface area contributed by atoms with E-state index in [0.29, 0.717) is 0 Å². The van der Waals surface area contributed by atoms with Crippen molar-refractivity contribution in [2.24, 2.45) is 11.1 Å². The van der Waals surface area contributed by atoms with Crippen LogP contribution in [0.25, 0.3) is 0 Å². The SMILES string of the molecule is CCCCC[C@@H]1/C(=N/O)C[C@@H](c2ccccc2)N(C)[C@@H]1c1ccccc1. The zero-order chi connectivity index (χ0) is 18.4. The maximum absolute atomic E-state index is 9.80. The molecule has 2 aromatic carbocycles. The molecule has 1 saturated heterocycles. The van der Waals surface area contributed by atoms with Crippen LogP contribution in [-0.4, -0.2) is 22.9 Å². The Morgan fingerprint density at radius 1 is 0.962 bits per heavy atom. The van der Waals surface area contributed by atoms with Crippen LogP contribution in [0.15, 0.2) is 65.8 Å². The number of benzene rings is 2. The van der Waals surface area contributed by atoms with Gasteiger partial charge in [-0.1, -0.05) is 92.0 Å². The minimum Gasteiger partial charge on any atom is -0.411 e. The van der Waals surface area contributed by atoms with Crippen molar-refractivity contribution >= 4 is 5.71 Å². The molecule has 1 fully saturated rings. The molecular weight excluding hydrogens is 320 g/mol. The Hall–Kier alpha value is -2.13. The zero-order valence-electron chi connectivity index (χ0n) is 15.9. The lowest BCUT2D eigenvalue weighted by Crippen LogP contribution is -2.43. The first kappa shape index (κ1) is 18.7. The molecule has 1 aliphatic rings. The van der Waals surface area contributed by atoms with Gasteiger partial charge in [0.15, 0.2) is 0 Å². The minimum absolute atomic E-state index is 0.231. The quantitative estimate of drug-likeness (QED) is 0.404. The molecular formula is C23H30N2O. The number of likely N-dealkylation sites (tertiary alicyclic amines) is 1. The van der Waals surface area contributed by atoms with Gasteiger partial charge in [0.2, 0.25) is 0 Å². The molecule has 26 heavy (non-hydrogen) atoms. The van der Waals surface area contributed by atoms with Gasteiger partial charge in [-0.2, -0.15) is 0 Å². The van der Waals surface area contributed by atoms with Crippen molar-refractivity contribution in [2.75, 3.05) is 7.05 Å². The van der Waals surface area contributed by atoms with E-state index in [2.05, 4.69) is 84.7 Å². The molecule has 0 unspecified atom stereocenters. The van der Waals surface area contributed by atoms with Gasteiger partial charge in [-0.15, -0.1) is 0 Å². The number of unbranched alkanes of at least 4 members (excludes halogenated alkanes) is 2. The maximum Gasteiger partial charge on any atom is 0.0639 e. The van der Waals surface area contributed by atoms with Crippen molar-refractivity contribution in [3.05, 3.63) is 71.8 Å². The predicted molar refractivity (Wildman–Crippen MR) is 108 cm³/mol. The van der Waals surface area contributed by atoms with Crippen LogP contribution in [0.4, 0.5) is 0 Å². The average Bonchev–Trinajstić information content (AvgIpc) is 2.70. The van der Waals surface area contributed by atoms with Crippen LogP contribution < -0.4 is 0 Å². The second-order valence-corrected chi connectivity index (χ2v) is 7.35. The lowest BCUT2D eigenvalue weighted by molar-refractivity contribution is 0.117. The number of piperidine rings is 1. The highest BCUT2D eigenvalue weighted by Gasteiger charge is 2.40. The molecule has 0 aliphatic carbocycles. The molecule has 138 valence electrons. The molecule has 1 aliphatic heterocycles. The monoisotopic (exact) mass is 350 g/mol. The Kier molecular flexibility index (Phi) is 6.45. The summed E-state index contributed by atoms with van der Waals surface area (Å²) in [7, 11) is 2.22. The molecule has 0 spiro atoms. The lowest BCUT2D eigenvalue weighted by atomic mass is 9.76. The van der Waals surface area contributed by atoms with Crippen molar-refractivity contribution in [2.45, 2.75) is 51.1 Å². The summed E-state index contributed by atoms with van der Waals surface area (Å²) < 4.78 is 0. The van der Waals surface area contributed by atoms with Gasteiger partial charge in [-0.05, 0) is 24.6 Å². The Morgan fingerprint density at radius 3 is 2.15 bits per heavy atom. The summed E-state index contributed by atoms with van der Waals surface area (Å²) in [5.41, 5.74) is 3.53. The summed E-state index contributed by atoms with van der Waals surface area (Å²) in [5.74, 6) is 0.263. The molecule has 3 atom stereocenters. The van der Waals surface area contributed by atoms with Crippen molar-refractivity contribution < 1.29 is 5.21 Å². The molecule has 3 heteroatoms. The third kappa shape index (κ3) is 3.99. The molecule has 0 amide bonds. The fourth-order valence-electron chi connectivity index (χ4n) is 4.35. The van der Waals surface area contributed by atoms with Crippen LogP contribution in [0.3, 0.4) is 0 Å². The van der Waals surface area contributed by atoms with Crippen LogP contribution in [-0.2, 0) is 0 Å². The minimum atomic E-state index is 0.231. The summed E-state index contributed by atoms with van der Waals surface area (Å²) in [5, 5.41) is 13.6. The molecule has 2 aromatic rings. The Balaban J connectivity index is 1.97. The topological polar surface area (TPSA) is 35.8 Å². The van der Waals surface area contributed by atoms with Gasteiger partial charge in [0.1, 0.15) is 0 Å². The molecule has 0 radical (unpaired) electrons. The number of oxime groups is 1. The van der Waals surface area contributed by atoms with E-state index < -0.39 is 0 Å². The van der Waals surface area contributed by atoms with Crippen molar-refractivity contribution in [3.63, 3.8) is 0 Å². The van der Waals surface area contributed by atoms with Crippen LogP contribution >= 0.6 is 0 Å². The number of hydrogen-bond donors (Lipinski definition) is 1. The third-order valence-corrected chi connectivity index (χ3v) is 5.71. The van der Waals surface area contributed by atoms with E-state index in [-0.39, 0.29) is 18.0 Å². The van der Waals surface area contributed by atoms with Crippen LogP contribution in [0.5, 0.6) is 0 Å². The Bertz CT molecular complexity index is 699. The molecule has 0 bridgehead atoms. The van der Waals surface area contributed by atoms with E-state index in [4.69, 9.17) is 0 Å². The second kappa shape index (κ2) is 9.00. The van der Waals surface area contributed by atoms with Gasteiger partial charge in [0.25, 0.3) is 0 Å². The molecule has 0 saturated carbocycles. The van der Waals surface area contributed by atoms with Crippen LogP contribution in [0, 0.1) is 5.92 Å². The number of rotatable bonds is 6. The van der Waals surface area contributed by atoms with Gasteiger partial charge in [-0.25, -0.2) is 0 Å². The fraction of sp³-hybridized carbons (Fsp3) is 0.435. The summed E-state index contributed by atoms with van der Waals surface area (Å²) >= 11 is 0.